The predicted octanol–water partition coefficient (Wildman–Crippen LogP) is 0.962. The molecule has 0 aromatic carbocycles. The van der Waals surface area contributed by atoms with Gasteiger partial charge in [0.2, 0.25) is 5.91 Å². The number of likely N-dealkylation sites (tertiary alicyclic amines) is 1. The number of nitrogens with zero attached hydrogens (tertiary/aromatic N) is 2. The summed E-state index contributed by atoms with van der Waals surface area (Å²) in [4.78, 5) is 13.8. The minimum Gasteiger partial charge on any atom is -0.341 e. The largest absolute Gasteiger partial charge is 0.341 e. The van der Waals surface area contributed by atoms with Crippen molar-refractivity contribution in [1.82, 2.24) is 4.90 Å². The fourth-order valence-electron chi connectivity index (χ4n) is 1.85. The summed E-state index contributed by atoms with van der Waals surface area (Å²) in [6.07, 6.45) is 2.26. The molecule has 0 atom stereocenters. The lowest BCUT2D eigenvalue weighted by Gasteiger charge is -2.38. The van der Waals surface area contributed by atoms with E-state index >= 15 is 0 Å². The second-order valence-corrected chi connectivity index (χ2v) is 8.31. The molecule has 1 heterocycles. The summed E-state index contributed by atoms with van der Waals surface area (Å²) in [6, 6.07) is 2.25. The van der Waals surface area contributed by atoms with E-state index in [0.29, 0.717) is 25.9 Å². The molecule has 0 aromatic heterocycles. The van der Waals surface area contributed by atoms with Crippen LogP contribution in [0.15, 0.2) is 0 Å². The van der Waals surface area contributed by atoms with Crippen molar-refractivity contribution in [3.8, 4) is 6.07 Å². The molecule has 0 saturated carbocycles. The monoisotopic (exact) mass is 272 g/mol. The lowest BCUT2D eigenvalue weighted by Crippen LogP contribution is -2.52. The first-order valence-corrected chi connectivity index (χ1v) is 7.83. The first-order valence-electron chi connectivity index (χ1n) is 5.94. The van der Waals surface area contributed by atoms with Gasteiger partial charge in [-0.3, -0.25) is 4.79 Å². The lowest BCUT2D eigenvalue weighted by molar-refractivity contribution is -0.134. The maximum Gasteiger partial charge on any atom is 0.243 e. The van der Waals surface area contributed by atoms with Gasteiger partial charge < -0.3 is 4.90 Å². The van der Waals surface area contributed by atoms with E-state index in [-0.39, 0.29) is 5.91 Å². The highest BCUT2D eigenvalue weighted by molar-refractivity contribution is 7.92. The van der Waals surface area contributed by atoms with Crippen molar-refractivity contribution in [2.75, 3.05) is 19.3 Å². The molecular weight excluding hydrogens is 252 g/mol. The van der Waals surface area contributed by atoms with Crippen molar-refractivity contribution in [2.24, 2.45) is 5.41 Å². The van der Waals surface area contributed by atoms with Crippen LogP contribution in [0.4, 0.5) is 0 Å². The Balaban J connectivity index is 2.82. The summed E-state index contributed by atoms with van der Waals surface area (Å²) in [5.41, 5.74) is -0.397. The summed E-state index contributed by atoms with van der Waals surface area (Å²) in [5, 5.41) is 9.01. The van der Waals surface area contributed by atoms with Crippen molar-refractivity contribution in [1.29, 1.82) is 5.26 Å². The third-order valence-corrected chi connectivity index (χ3v) is 5.89. The van der Waals surface area contributed by atoms with Crippen LogP contribution in [0.3, 0.4) is 0 Å². The van der Waals surface area contributed by atoms with E-state index in [2.05, 4.69) is 6.07 Å². The zero-order valence-corrected chi connectivity index (χ0v) is 12.2. The van der Waals surface area contributed by atoms with E-state index in [1.165, 1.54) is 13.8 Å². The van der Waals surface area contributed by atoms with E-state index in [9.17, 15) is 13.2 Å². The Labute approximate surface area is 109 Å². The SMILES string of the molecule is CC1(C#N)CCN(C(=O)C(C)(C)S(C)(=O)=O)CC1. The molecule has 1 rings (SSSR count). The number of nitriles is 1. The van der Waals surface area contributed by atoms with E-state index in [0.717, 1.165) is 6.26 Å². The van der Waals surface area contributed by atoms with Gasteiger partial charge in [0.25, 0.3) is 0 Å². The summed E-state index contributed by atoms with van der Waals surface area (Å²) in [7, 11) is -3.44. The molecule has 0 aliphatic carbocycles. The van der Waals surface area contributed by atoms with Gasteiger partial charge in [-0.15, -0.1) is 0 Å². The van der Waals surface area contributed by atoms with Crippen LogP contribution in [0, 0.1) is 16.7 Å². The van der Waals surface area contributed by atoms with Crippen LogP contribution >= 0.6 is 0 Å². The molecule has 18 heavy (non-hydrogen) atoms. The van der Waals surface area contributed by atoms with Crippen LogP contribution in [-0.2, 0) is 14.6 Å². The second-order valence-electron chi connectivity index (χ2n) is 5.75. The number of rotatable bonds is 2. The van der Waals surface area contributed by atoms with Crippen LogP contribution in [0.5, 0.6) is 0 Å². The summed E-state index contributed by atoms with van der Waals surface area (Å²) in [6.45, 7) is 5.63. The van der Waals surface area contributed by atoms with Gasteiger partial charge in [0.1, 0.15) is 4.75 Å². The van der Waals surface area contributed by atoms with Gasteiger partial charge in [-0.1, -0.05) is 0 Å². The molecule has 0 N–H and O–H groups in total. The van der Waals surface area contributed by atoms with Crippen molar-refractivity contribution in [3.05, 3.63) is 0 Å². The first-order chi connectivity index (χ1) is 8.03. The number of carbonyl (C=O) groups is 1. The molecule has 1 aliphatic rings. The van der Waals surface area contributed by atoms with Crippen LogP contribution in [-0.4, -0.2) is 43.3 Å². The van der Waals surface area contributed by atoms with Gasteiger partial charge in [-0.05, 0) is 33.6 Å². The van der Waals surface area contributed by atoms with Crippen LogP contribution in [0.1, 0.15) is 33.6 Å². The molecule has 0 unspecified atom stereocenters. The number of amides is 1. The highest BCUT2D eigenvalue weighted by atomic mass is 32.2. The van der Waals surface area contributed by atoms with Crippen LogP contribution in [0.25, 0.3) is 0 Å². The highest BCUT2D eigenvalue weighted by Crippen LogP contribution is 2.31. The zero-order chi connectivity index (χ0) is 14.2. The standard InChI is InChI=1S/C12H20N2O3S/c1-11(2,18(4,16)17)10(15)14-7-5-12(3,9-13)6-8-14/h5-8H2,1-4H3. The molecule has 0 bridgehead atoms. The van der Waals surface area contributed by atoms with E-state index in [1.54, 1.807) is 4.90 Å². The molecule has 5 nitrogen and oxygen atoms in total. The molecule has 1 fully saturated rings. The molecule has 1 amide bonds. The Morgan fingerprint density at radius 3 is 2.11 bits per heavy atom. The Kier molecular flexibility index (Phi) is 3.78. The minimum atomic E-state index is -3.44. The molecule has 0 spiro atoms. The molecular formula is C12H20N2O3S. The van der Waals surface area contributed by atoms with E-state index < -0.39 is 20.0 Å². The summed E-state index contributed by atoms with van der Waals surface area (Å²) < 4.78 is 21.8. The van der Waals surface area contributed by atoms with Crippen LogP contribution in [0.2, 0.25) is 0 Å². The van der Waals surface area contributed by atoms with Crippen LogP contribution < -0.4 is 0 Å². The van der Waals surface area contributed by atoms with Gasteiger partial charge in [0.15, 0.2) is 9.84 Å². The number of piperidine rings is 1. The normalized spacial score (nSPS) is 20.3. The Hall–Kier alpha value is -1.09. The number of hydrogen-bond acceptors (Lipinski definition) is 4. The summed E-state index contributed by atoms with van der Waals surface area (Å²) in [5.74, 6) is -0.370. The van der Waals surface area contributed by atoms with Crippen molar-refractivity contribution < 1.29 is 13.2 Å². The van der Waals surface area contributed by atoms with E-state index in [4.69, 9.17) is 5.26 Å². The Morgan fingerprint density at radius 1 is 1.33 bits per heavy atom. The average Bonchev–Trinajstić information content (AvgIpc) is 2.27. The average molecular weight is 272 g/mol. The van der Waals surface area contributed by atoms with Gasteiger partial charge in [0.05, 0.1) is 11.5 Å². The highest BCUT2D eigenvalue weighted by Gasteiger charge is 2.43. The van der Waals surface area contributed by atoms with Crippen molar-refractivity contribution >= 4 is 15.7 Å². The van der Waals surface area contributed by atoms with Gasteiger partial charge in [-0.2, -0.15) is 5.26 Å². The smallest absolute Gasteiger partial charge is 0.243 e. The minimum absolute atomic E-state index is 0.370. The first kappa shape index (κ1) is 15.0. The number of carbonyl (C=O) groups excluding carboxylic acids is 1. The number of hydrogen-bond donors (Lipinski definition) is 0. The van der Waals surface area contributed by atoms with Crippen molar-refractivity contribution in [3.63, 3.8) is 0 Å². The topological polar surface area (TPSA) is 78.2 Å². The predicted molar refractivity (Wildman–Crippen MR) is 68.5 cm³/mol. The summed E-state index contributed by atoms with van der Waals surface area (Å²) >= 11 is 0. The molecule has 6 heteroatoms. The van der Waals surface area contributed by atoms with Gasteiger partial charge >= 0.3 is 0 Å². The molecule has 1 saturated heterocycles. The van der Waals surface area contributed by atoms with Gasteiger partial charge in [-0.25, -0.2) is 8.42 Å². The fraction of sp³-hybridized carbons (Fsp3) is 0.833. The van der Waals surface area contributed by atoms with Crippen molar-refractivity contribution in [2.45, 2.75) is 38.4 Å². The molecule has 0 aromatic rings. The Morgan fingerprint density at radius 2 is 1.78 bits per heavy atom. The van der Waals surface area contributed by atoms with E-state index in [1.807, 2.05) is 6.92 Å². The second kappa shape index (κ2) is 4.54. The lowest BCUT2D eigenvalue weighted by atomic mass is 9.82. The molecule has 0 radical (unpaired) electrons. The Bertz CT molecular complexity index is 480. The maximum absolute atomic E-state index is 12.2. The van der Waals surface area contributed by atoms with Gasteiger partial charge in [0, 0.05) is 19.3 Å². The third kappa shape index (κ3) is 2.66. The fourth-order valence-corrected chi connectivity index (χ4v) is 2.30. The third-order valence-electron chi connectivity index (χ3n) is 3.87. The maximum atomic E-state index is 12.2. The molecule has 102 valence electrons. The number of sulfone groups is 1. The zero-order valence-electron chi connectivity index (χ0n) is 11.4. The molecule has 1 aliphatic heterocycles. The quantitative estimate of drug-likeness (QED) is 0.750.